The summed E-state index contributed by atoms with van der Waals surface area (Å²) in [5.74, 6) is -0.844. The van der Waals surface area contributed by atoms with Crippen molar-refractivity contribution in [2.24, 2.45) is 0 Å². The quantitative estimate of drug-likeness (QED) is 0.810. The number of hydrogen-bond acceptors (Lipinski definition) is 3. The molecule has 0 spiro atoms. The van der Waals surface area contributed by atoms with Gasteiger partial charge in [0.1, 0.15) is 0 Å². The number of benzene rings is 2. The fourth-order valence-corrected chi connectivity index (χ4v) is 4.88. The molecule has 0 bridgehead atoms. The second-order valence-corrected chi connectivity index (χ2v) is 8.75. The third-order valence-corrected chi connectivity index (χ3v) is 6.65. The Morgan fingerprint density at radius 3 is 2.32 bits per heavy atom. The van der Waals surface area contributed by atoms with E-state index in [0.717, 1.165) is 44.5 Å². The lowest BCUT2D eigenvalue weighted by Crippen LogP contribution is -2.51. The van der Waals surface area contributed by atoms with Crippen LogP contribution in [-0.4, -0.2) is 52.7 Å². The smallest absolute Gasteiger partial charge is 0.321 e. The zero-order valence-corrected chi connectivity index (χ0v) is 18.7. The SMILES string of the molecule is Cc1ccc(-c2c(C)c3c(c(C)c2CC(=O)O)CN(C(=O)N2CCOCC2C)C3)cc1. The molecule has 2 aliphatic heterocycles. The van der Waals surface area contributed by atoms with Gasteiger partial charge >= 0.3 is 12.0 Å². The average Bonchev–Trinajstić information content (AvgIpc) is 3.19. The molecule has 0 radical (unpaired) electrons. The normalized spacial score (nSPS) is 18.3. The lowest BCUT2D eigenvalue weighted by Gasteiger charge is -2.36. The maximum atomic E-state index is 13.3. The highest BCUT2D eigenvalue weighted by molar-refractivity contribution is 5.83. The number of rotatable bonds is 3. The van der Waals surface area contributed by atoms with Crippen LogP contribution < -0.4 is 0 Å². The predicted molar refractivity (Wildman–Crippen MR) is 119 cm³/mol. The minimum Gasteiger partial charge on any atom is -0.481 e. The van der Waals surface area contributed by atoms with E-state index in [1.807, 2.05) is 30.6 Å². The van der Waals surface area contributed by atoms with Crippen LogP contribution in [0.1, 0.15) is 40.3 Å². The Hall–Kier alpha value is -2.86. The number of carboxylic acid groups (broad SMARTS) is 1. The summed E-state index contributed by atoms with van der Waals surface area (Å²) in [6.07, 6.45) is -0.0302. The first-order chi connectivity index (χ1) is 14.8. The van der Waals surface area contributed by atoms with Crippen molar-refractivity contribution in [1.82, 2.24) is 9.80 Å². The van der Waals surface area contributed by atoms with Gasteiger partial charge in [-0.2, -0.15) is 0 Å². The number of urea groups is 1. The molecule has 1 fully saturated rings. The monoisotopic (exact) mass is 422 g/mol. The number of aliphatic carboxylic acids is 1. The van der Waals surface area contributed by atoms with Crippen LogP contribution in [0.25, 0.3) is 11.1 Å². The van der Waals surface area contributed by atoms with Gasteiger partial charge < -0.3 is 19.6 Å². The maximum Gasteiger partial charge on any atom is 0.321 e. The Balaban J connectivity index is 1.76. The number of morpholine rings is 1. The van der Waals surface area contributed by atoms with Crippen LogP contribution in [0.3, 0.4) is 0 Å². The van der Waals surface area contributed by atoms with Crippen LogP contribution in [0.15, 0.2) is 24.3 Å². The van der Waals surface area contributed by atoms with Crippen LogP contribution in [0.5, 0.6) is 0 Å². The van der Waals surface area contributed by atoms with Gasteiger partial charge in [0, 0.05) is 19.6 Å². The molecule has 31 heavy (non-hydrogen) atoms. The second-order valence-electron chi connectivity index (χ2n) is 8.75. The molecule has 2 aliphatic rings. The summed E-state index contributed by atoms with van der Waals surface area (Å²) >= 11 is 0. The Morgan fingerprint density at radius 2 is 1.71 bits per heavy atom. The highest BCUT2D eigenvalue weighted by atomic mass is 16.5. The average molecular weight is 423 g/mol. The first kappa shape index (κ1) is 21.4. The van der Waals surface area contributed by atoms with Gasteiger partial charge in [-0.15, -0.1) is 0 Å². The van der Waals surface area contributed by atoms with E-state index < -0.39 is 5.97 Å². The molecule has 2 aromatic carbocycles. The molecule has 1 unspecified atom stereocenters. The highest BCUT2D eigenvalue weighted by Gasteiger charge is 2.34. The minimum atomic E-state index is -0.844. The molecule has 0 aromatic heterocycles. The van der Waals surface area contributed by atoms with Gasteiger partial charge in [0.25, 0.3) is 0 Å². The lowest BCUT2D eigenvalue weighted by molar-refractivity contribution is -0.136. The van der Waals surface area contributed by atoms with Crippen molar-refractivity contribution in [3.63, 3.8) is 0 Å². The molecule has 0 saturated carbocycles. The van der Waals surface area contributed by atoms with Crippen molar-refractivity contribution in [2.75, 3.05) is 19.8 Å². The van der Waals surface area contributed by atoms with E-state index in [1.54, 1.807) is 0 Å². The lowest BCUT2D eigenvalue weighted by atomic mass is 9.84. The summed E-state index contributed by atoms with van der Waals surface area (Å²) in [6.45, 7) is 10.9. The molecular formula is C25H30N2O4. The molecule has 6 heteroatoms. The summed E-state index contributed by atoms with van der Waals surface area (Å²) in [6, 6.07) is 8.31. The van der Waals surface area contributed by atoms with Gasteiger partial charge in [0.15, 0.2) is 0 Å². The maximum absolute atomic E-state index is 13.3. The Labute approximate surface area is 183 Å². The Bertz CT molecular complexity index is 1030. The minimum absolute atomic E-state index is 0.0301. The number of carboxylic acids is 1. The summed E-state index contributed by atoms with van der Waals surface area (Å²) in [7, 11) is 0. The Morgan fingerprint density at radius 1 is 1.06 bits per heavy atom. The van der Waals surface area contributed by atoms with E-state index in [1.165, 1.54) is 0 Å². The van der Waals surface area contributed by atoms with Crippen molar-refractivity contribution in [1.29, 1.82) is 0 Å². The van der Waals surface area contributed by atoms with Crippen LogP contribution >= 0.6 is 0 Å². The summed E-state index contributed by atoms with van der Waals surface area (Å²) in [4.78, 5) is 28.7. The van der Waals surface area contributed by atoms with Crippen molar-refractivity contribution in [3.8, 4) is 11.1 Å². The number of carbonyl (C=O) groups is 2. The molecule has 1 saturated heterocycles. The number of amides is 2. The molecule has 164 valence electrons. The standard InChI is InChI=1S/C25H30N2O4/c1-15-5-7-19(8-6-15)24-18(4)22-13-26(25(30)27-9-10-31-14-16(27)2)12-21(22)17(3)20(24)11-23(28)29/h5-8,16H,9-14H2,1-4H3,(H,28,29). The van der Waals surface area contributed by atoms with Crippen molar-refractivity contribution in [3.05, 3.63) is 57.6 Å². The van der Waals surface area contributed by atoms with Crippen LogP contribution in [0.4, 0.5) is 4.79 Å². The fourth-order valence-electron chi connectivity index (χ4n) is 4.88. The van der Waals surface area contributed by atoms with Gasteiger partial charge in [-0.05, 0) is 66.6 Å². The molecule has 2 heterocycles. The first-order valence-electron chi connectivity index (χ1n) is 10.8. The van der Waals surface area contributed by atoms with Crippen LogP contribution in [0.2, 0.25) is 0 Å². The van der Waals surface area contributed by atoms with E-state index in [-0.39, 0.29) is 18.5 Å². The molecule has 1 N–H and O–H groups in total. The van der Waals surface area contributed by atoms with E-state index in [9.17, 15) is 14.7 Å². The van der Waals surface area contributed by atoms with E-state index in [0.29, 0.717) is 32.8 Å². The van der Waals surface area contributed by atoms with Crippen molar-refractivity contribution < 1.29 is 19.4 Å². The van der Waals surface area contributed by atoms with E-state index in [4.69, 9.17) is 4.74 Å². The zero-order chi connectivity index (χ0) is 22.3. The van der Waals surface area contributed by atoms with Gasteiger partial charge in [-0.25, -0.2) is 4.79 Å². The van der Waals surface area contributed by atoms with Crippen molar-refractivity contribution in [2.45, 2.75) is 53.2 Å². The van der Waals surface area contributed by atoms with Gasteiger partial charge in [0.05, 0.1) is 25.7 Å². The predicted octanol–water partition coefficient (Wildman–Crippen LogP) is 4.06. The number of hydrogen-bond donors (Lipinski definition) is 1. The van der Waals surface area contributed by atoms with Gasteiger partial charge in [-0.1, -0.05) is 29.8 Å². The Kier molecular flexibility index (Phi) is 5.75. The third kappa shape index (κ3) is 3.92. The van der Waals surface area contributed by atoms with E-state index >= 15 is 0 Å². The molecule has 4 rings (SSSR count). The highest BCUT2D eigenvalue weighted by Crippen LogP contribution is 2.40. The number of aryl methyl sites for hydroxylation is 1. The molecule has 6 nitrogen and oxygen atoms in total. The first-order valence-corrected chi connectivity index (χ1v) is 10.8. The molecular weight excluding hydrogens is 392 g/mol. The van der Waals surface area contributed by atoms with E-state index in [2.05, 4.69) is 31.2 Å². The van der Waals surface area contributed by atoms with Gasteiger partial charge in [-0.3, -0.25) is 4.79 Å². The number of fused-ring (bicyclic) bond motifs is 1. The molecule has 0 aliphatic carbocycles. The van der Waals surface area contributed by atoms with Crippen LogP contribution in [-0.2, 0) is 29.0 Å². The van der Waals surface area contributed by atoms with Gasteiger partial charge in [0.2, 0.25) is 0 Å². The number of ether oxygens (including phenoxy) is 1. The number of carbonyl (C=O) groups excluding carboxylic acids is 1. The fraction of sp³-hybridized carbons (Fsp3) is 0.440. The number of nitrogens with zero attached hydrogens (tertiary/aromatic N) is 2. The molecule has 2 amide bonds. The largest absolute Gasteiger partial charge is 0.481 e. The summed E-state index contributed by atoms with van der Waals surface area (Å²) in [5.41, 5.74) is 8.34. The molecule has 1 atom stereocenters. The topological polar surface area (TPSA) is 70.1 Å². The summed E-state index contributed by atoms with van der Waals surface area (Å²) in [5, 5.41) is 9.60. The molecule has 2 aromatic rings. The zero-order valence-electron chi connectivity index (χ0n) is 18.7. The van der Waals surface area contributed by atoms with Crippen molar-refractivity contribution >= 4 is 12.0 Å². The third-order valence-electron chi connectivity index (χ3n) is 6.65. The van der Waals surface area contributed by atoms with Crippen LogP contribution in [0, 0.1) is 20.8 Å². The second kappa shape index (κ2) is 8.35. The summed E-state index contributed by atoms with van der Waals surface area (Å²) < 4.78 is 5.48.